The molecule has 0 saturated heterocycles. The van der Waals surface area contributed by atoms with Crippen molar-refractivity contribution in [3.05, 3.63) is 87.7 Å². The topological polar surface area (TPSA) is 95.0 Å². The molecule has 0 saturated carbocycles. The number of hydrogen-bond donors (Lipinski definition) is 2. The molecule has 0 bridgehead atoms. The van der Waals surface area contributed by atoms with Crippen molar-refractivity contribution in [2.24, 2.45) is 5.92 Å². The molecule has 2 amide bonds. The Hall–Kier alpha value is -3.17. The molecule has 0 spiro atoms. The van der Waals surface area contributed by atoms with Gasteiger partial charge in [0.2, 0.25) is 0 Å². The Kier molecular flexibility index (Phi) is 9.45. The second kappa shape index (κ2) is 12.8. The van der Waals surface area contributed by atoms with Gasteiger partial charge in [0.15, 0.2) is 5.75 Å². The van der Waals surface area contributed by atoms with Crippen molar-refractivity contribution in [1.82, 2.24) is 14.8 Å². The Balaban J connectivity index is 1.66. The number of likely N-dealkylation sites (N-methyl/N-ethyl adjacent to an activating group) is 1. The molecule has 1 aliphatic rings. The standard InChI is InChI=1S/C29H32Cl2N4O4/c1-18-14-35(19(2)17-36)29(38)22-5-4-6-25(33-28(37)21-9-11-32-12-10-21)27(22)39-26(18)16-34(3)15-20-7-8-23(30)24(31)13-20/h4-13,18-19,26,36H,14-17H2,1-3H3,(H,33,37)/t18-,19-,26+/m1/s1. The fraction of sp³-hybridized carbons (Fsp3) is 0.345. The highest BCUT2D eigenvalue weighted by Gasteiger charge is 2.34. The van der Waals surface area contributed by atoms with Crippen LogP contribution in [0.25, 0.3) is 0 Å². The van der Waals surface area contributed by atoms with Crippen molar-refractivity contribution >= 4 is 40.7 Å². The molecule has 3 atom stereocenters. The molecule has 2 aromatic carbocycles. The predicted octanol–water partition coefficient (Wildman–Crippen LogP) is 4.99. The van der Waals surface area contributed by atoms with Gasteiger partial charge in [-0.25, -0.2) is 0 Å². The van der Waals surface area contributed by atoms with Crippen LogP contribution in [0.5, 0.6) is 5.75 Å². The number of benzene rings is 2. The van der Waals surface area contributed by atoms with E-state index in [9.17, 15) is 14.7 Å². The number of nitrogens with one attached hydrogen (secondary N) is 1. The van der Waals surface area contributed by atoms with Crippen LogP contribution < -0.4 is 10.1 Å². The summed E-state index contributed by atoms with van der Waals surface area (Å²) in [6.07, 6.45) is 2.75. The molecule has 0 aliphatic carbocycles. The third-order valence-electron chi connectivity index (χ3n) is 6.81. The molecule has 0 fully saturated rings. The highest BCUT2D eigenvalue weighted by molar-refractivity contribution is 6.42. The molecule has 4 rings (SSSR count). The number of anilines is 1. The van der Waals surface area contributed by atoms with Crippen LogP contribution in [-0.4, -0.2) is 70.6 Å². The summed E-state index contributed by atoms with van der Waals surface area (Å²) in [5.74, 6) is -0.386. The zero-order valence-electron chi connectivity index (χ0n) is 22.1. The minimum absolute atomic E-state index is 0.0867. The number of pyridine rings is 1. The van der Waals surface area contributed by atoms with Crippen molar-refractivity contribution in [3.63, 3.8) is 0 Å². The lowest BCUT2D eigenvalue weighted by atomic mass is 9.98. The maximum absolute atomic E-state index is 13.7. The van der Waals surface area contributed by atoms with Gasteiger partial charge in [-0.3, -0.25) is 19.5 Å². The molecule has 2 heterocycles. The van der Waals surface area contributed by atoms with E-state index in [1.807, 2.05) is 33.0 Å². The second-order valence-corrected chi connectivity index (χ2v) is 10.8. The molecule has 1 aliphatic heterocycles. The third-order valence-corrected chi connectivity index (χ3v) is 7.55. The third kappa shape index (κ3) is 6.89. The van der Waals surface area contributed by atoms with Gasteiger partial charge in [0.25, 0.3) is 11.8 Å². The highest BCUT2D eigenvalue weighted by Crippen LogP contribution is 2.35. The highest BCUT2D eigenvalue weighted by atomic mass is 35.5. The molecular formula is C29H32Cl2N4O4. The summed E-state index contributed by atoms with van der Waals surface area (Å²) in [5.41, 5.74) is 2.15. The predicted molar refractivity (Wildman–Crippen MR) is 153 cm³/mol. The first-order chi connectivity index (χ1) is 18.7. The van der Waals surface area contributed by atoms with E-state index in [2.05, 4.69) is 15.2 Å². The van der Waals surface area contributed by atoms with Crippen LogP contribution >= 0.6 is 23.2 Å². The number of ether oxygens (including phenoxy) is 1. The molecule has 10 heteroatoms. The second-order valence-electron chi connectivity index (χ2n) is 9.94. The first-order valence-electron chi connectivity index (χ1n) is 12.7. The quantitative estimate of drug-likeness (QED) is 0.396. The summed E-state index contributed by atoms with van der Waals surface area (Å²) in [4.78, 5) is 34.4. The number of halogens is 2. The molecule has 0 unspecified atom stereocenters. The van der Waals surface area contributed by atoms with Gasteiger partial charge in [-0.2, -0.15) is 0 Å². The fourth-order valence-corrected chi connectivity index (χ4v) is 4.90. The SMILES string of the molecule is C[C@@H]1CN([C@H](C)CO)C(=O)c2cccc(NC(=O)c3ccncc3)c2O[C@H]1CN(C)Cc1ccc(Cl)c(Cl)c1. The van der Waals surface area contributed by atoms with E-state index >= 15 is 0 Å². The summed E-state index contributed by atoms with van der Waals surface area (Å²) in [6.45, 7) is 5.20. The maximum atomic E-state index is 13.7. The Bertz CT molecular complexity index is 1320. The van der Waals surface area contributed by atoms with E-state index in [-0.39, 0.29) is 30.4 Å². The minimum Gasteiger partial charge on any atom is -0.486 e. The van der Waals surface area contributed by atoms with Crippen LogP contribution in [0.4, 0.5) is 5.69 Å². The fourth-order valence-electron chi connectivity index (χ4n) is 4.58. The van der Waals surface area contributed by atoms with E-state index in [4.69, 9.17) is 27.9 Å². The van der Waals surface area contributed by atoms with E-state index in [0.717, 1.165) is 5.56 Å². The van der Waals surface area contributed by atoms with Crippen LogP contribution in [0.1, 0.15) is 40.1 Å². The first kappa shape index (κ1) is 28.8. The van der Waals surface area contributed by atoms with Crippen molar-refractivity contribution in [2.75, 3.05) is 32.1 Å². The zero-order valence-corrected chi connectivity index (χ0v) is 23.6. The van der Waals surface area contributed by atoms with E-state index in [1.54, 1.807) is 53.7 Å². The van der Waals surface area contributed by atoms with Crippen molar-refractivity contribution < 1.29 is 19.4 Å². The Morgan fingerprint density at radius 2 is 1.95 bits per heavy atom. The number of fused-ring (bicyclic) bond motifs is 1. The number of aromatic nitrogens is 1. The van der Waals surface area contributed by atoms with Gasteiger partial charge in [0, 0.05) is 43.5 Å². The minimum atomic E-state index is -0.393. The van der Waals surface area contributed by atoms with E-state index in [1.165, 1.54) is 0 Å². The average Bonchev–Trinajstić information content (AvgIpc) is 2.93. The number of carbonyl (C=O) groups excluding carboxylic acids is 2. The lowest BCUT2D eigenvalue weighted by molar-refractivity contribution is 0.0343. The van der Waals surface area contributed by atoms with Gasteiger partial charge in [0.1, 0.15) is 6.10 Å². The van der Waals surface area contributed by atoms with Crippen LogP contribution in [-0.2, 0) is 6.54 Å². The number of aliphatic hydroxyl groups excluding tert-OH is 1. The average molecular weight is 572 g/mol. The van der Waals surface area contributed by atoms with Gasteiger partial charge in [0.05, 0.1) is 33.9 Å². The molecule has 1 aromatic heterocycles. The molecule has 206 valence electrons. The summed E-state index contributed by atoms with van der Waals surface area (Å²) >= 11 is 12.3. The first-order valence-corrected chi connectivity index (χ1v) is 13.5. The van der Waals surface area contributed by atoms with Crippen molar-refractivity contribution in [1.29, 1.82) is 0 Å². The Labute approximate surface area is 238 Å². The number of rotatable bonds is 8. The van der Waals surface area contributed by atoms with E-state index in [0.29, 0.717) is 52.2 Å². The van der Waals surface area contributed by atoms with Crippen LogP contribution in [0.2, 0.25) is 10.0 Å². The van der Waals surface area contributed by atoms with Crippen LogP contribution in [0.3, 0.4) is 0 Å². The lowest BCUT2D eigenvalue weighted by Gasteiger charge is -2.38. The molecule has 39 heavy (non-hydrogen) atoms. The molecular weight excluding hydrogens is 539 g/mol. The van der Waals surface area contributed by atoms with Crippen LogP contribution in [0.15, 0.2) is 60.9 Å². The zero-order chi connectivity index (χ0) is 28.1. The van der Waals surface area contributed by atoms with Crippen LogP contribution in [0, 0.1) is 5.92 Å². The van der Waals surface area contributed by atoms with E-state index < -0.39 is 6.04 Å². The molecule has 3 aromatic rings. The lowest BCUT2D eigenvalue weighted by Crippen LogP contribution is -2.49. The smallest absolute Gasteiger partial charge is 0.258 e. The van der Waals surface area contributed by atoms with Gasteiger partial charge in [-0.1, -0.05) is 42.3 Å². The largest absolute Gasteiger partial charge is 0.486 e. The Morgan fingerprint density at radius 1 is 1.21 bits per heavy atom. The number of aliphatic hydroxyl groups is 1. The maximum Gasteiger partial charge on any atom is 0.258 e. The summed E-state index contributed by atoms with van der Waals surface area (Å²) in [5, 5.41) is 13.8. The van der Waals surface area contributed by atoms with Gasteiger partial charge in [-0.05, 0) is 55.9 Å². The summed E-state index contributed by atoms with van der Waals surface area (Å²) in [6, 6.07) is 13.5. The number of hydrogen-bond acceptors (Lipinski definition) is 6. The monoisotopic (exact) mass is 570 g/mol. The van der Waals surface area contributed by atoms with Gasteiger partial charge in [-0.15, -0.1) is 0 Å². The van der Waals surface area contributed by atoms with Crippen molar-refractivity contribution in [2.45, 2.75) is 32.5 Å². The summed E-state index contributed by atoms with van der Waals surface area (Å²) in [7, 11) is 1.98. The number of para-hydroxylation sites is 1. The van der Waals surface area contributed by atoms with Gasteiger partial charge >= 0.3 is 0 Å². The number of amides is 2. The van der Waals surface area contributed by atoms with Gasteiger partial charge < -0.3 is 20.1 Å². The van der Waals surface area contributed by atoms with Crippen molar-refractivity contribution in [3.8, 4) is 5.75 Å². The Morgan fingerprint density at radius 3 is 2.64 bits per heavy atom. The normalized spacial score (nSPS) is 18.1. The molecule has 0 radical (unpaired) electrons. The molecule has 8 nitrogen and oxygen atoms in total. The summed E-state index contributed by atoms with van der Waals surface area (Å²) < 4.78 is 6.57. The number of nitrogens with zero attached hydrogens (tertiary/aromatic N) is 3. The number of carbonyl (C=O) groups is 2. The molecule has 2 N–H and O–H groups in total.